The number of benzene rings is 6. The molecule has 234 valence electrons. The van der Waals surface area contributed by atoms with E-state index >= 15 is 0 Å². The van der Waals surface area contributed by atoms with Gasteiger partial charge in [-0.15, -0.1) is 0 Å². The van der Waals surface area contributed by atoms with Gasteiger partial charge in [0, 0.05) is 33.3 Å². The molecular formula is C46H30N4. The van der Waals surface area contributed by atoms with E-state index in [0.717, 1.165) is 50.7 Å². The topological polar surface area (TPSA) is 34.0 Å². The number of rotatable bonds is 4. The van der Waals surface area contributed by atoms with E-state index in [2.05, 4.69) is 185 Å². The van der Waals surface area contributed by atoms with Crippen LogP contribution < -0.4 is 4.90 Å². The molecule has 0 bridgehead atoms. The molecule has 0 atom stereocenters. The van der Waals surface area contributed by atoms with Crippen molar-refractivity contribution in [2.24, 2.45) is 0 Å². The molecule has 0 saturated heterocycles. The Balaban J connectivity index is 1.13. The van der Waals surface area contributed by atoms with Crippen LogP contribution in [0.3, 0.4) is 0 Å². The molecule has 0 unspecified atom stereocenters. The molecule has 4 heteroatoms. The zero-order chi connectivity index (χ0) is 33.0. The second-order valence-corrected chi connectivity index (χ2v) is 12.6. The Kier molecular flexibility index (Phi) is 6.46. The first-order valence-corrected chi connectivity index (χ1v) is 16.9. The van der Waals surface area contributed by atoms with Crippen molar-refractivity contribution >= 4 is 39.1 Å². The third kappa shape index (κ3) is 4.46. The highest BCUT2D eigenvalue weighted by Crippen LogP contribution is 2.54. The molecule has 3 aromatic heterocycles. The maximum atomic E-state index is 5.27. The van der Waals surface area contributed by atoms with Crippen LogP contribution in [-0.2, 0) is 0 Å². The summed E-state index contributed by atoms with van der Waals surface area (Å²) in [6.45, 7) is 0. The van der Waals surface area contributed by atoms with Gasteiger partial charge in [-0.25, -0.2) is 9.97 Å². The van der Waals surface area contributed by atoms with Gasteiger partial charge in [0.25, 0.3) is 0 Å². The molecule has 9 aromatic rings. The molecule has 50 heavy (non-hydrogen) atoms. The molecule has 4 nitrogen and oxygen atoms in total. The lowest BCUT2D eigenvalue weighted by Gasteiger charge is -2.26. The minimum absolute atomic E-state index is 0.847. The molecule has 0 radical (unpaired) electrons. The van der Waals surface area contributed by atoms with E-state index in [4.69, 9.17) is 9.97 Å². The highest BCUT2D eigenvalue weighted by atomic mass is 15.2. The van der Waals surface area contributed by atoms with Gasteiger partial charge in [-0.2, -0.15) is 0 Å². The molecule has 0 spiro atoms. The van der Waals surface area contributed by atoms with Crippen molar-refractivity contribution in [1.29, 1.82) is 0 Å². The average molecular weight is 639 g/mol. The van der Waals surface area contributed by atoms with E-state index in [0.29, 0.717) is 0 Å². The van der Waals surface area contributed by atoms with E-state index in [-0.39, 0.29) is 0 Å². The van der Waals surface area contributed by atoms with Gasteiger partial charge >= 0.3 is 0 Å². The summed E-state index contributed by atoms with van der Waals surface area (Å²) in [4.78, 5) is 12.6. The fourth-order valence-electron chi connectivity index (χ4n) is 7.49. The van der Waals surface area contributed by atoms with Gasteiger partial charge in [-0.05, 0) is 65.7 Å². The van der Waals surface area contributed by atoms with E-state index in [1.54, 1.807) is 0 Å². The number of pyridine rings is 2. The van der Waals surface area contributed by atoms with Gasteiger partial charge in [-0.1, -0.05) is 127 Å². The second-order valence-electron chi connectivity index (χ2n) is 12.6. The summed E-state index contributed by atoms with van der Waals surface area (Å²) < 4.78 is 2.41. The molecule has 0 fully saturated rings. The maximum absolute atomic E-state index is 5.27. The molecule has 0 N–H and O–H groups in total. The van der Waals surface area contributed by atoms with Crippen LogP contribution in [0.5, 0.6) is 0 Å². The predicted octanol–water partition coefficient (Wildman–Crippen LogP) is 12.0. The molecule has 10 rings (SSSR count). The quantitative estimate of drug-likeness (QED) is 0.192. The van der Waals surface area contributed by atoms with Gasteiger partial charge in [0.2, 0.25) is 0 Å². The third-order valence-electron chi connectivity index (χ3n) is 9.75. The van der Waals surface area contributed by atoms with Crippen LogP contribution in [0.15, 0.2) is 182 Å². The number of hydrogen-bond donors (Lipinski definition) is 0. The summed E-state index contributed by atoms with van der Waals surface area (Å²) >= 11 is 0. The number of aromatic nitrogens is 3. The fourth-order valence-corrected chi connectivity index (χ4v) is 7.49. The lowest BCUT2D eigenvalue weighted by Crippen LogP contribution is -2.13. The average Bonchev–Trinajstić information content (AvgIpc) is 3.47. The number of anilines is 3. The summed E-state index contributed by atoms with van der Waals surface area (Å²) in [7, 11) is 0. The Morgan fingerprint density at radius 1 is 0.400 bits per heavy atom. The Labute approximate surface area is 290 Å². The van der Waals surface area contributed by atoms with Crippen LogP contribution >= 0.6 is 0 Å². The fraction of sp³-hybridized carbons (Fsp3) is 0. The standard InChI is InChI=1S/C46H30N4/c1-3-13-31(14-4-1)32-23-25-33(26-24-32)38-27-28-40-39(47-38)29-30-44(48-40)50-42-21-11-8-18-36(42)45-35-17-7-10-20-41(35)49(34-15-5-2-6-16-34)46(45)37-19-9-12-22-43(37)50/h1-30H. The monoisotopic (exact) mass is 638 g/mol. The van der Waals surface area contributed by atoms with Crippen LogP contribution in [0.1, 0.15) is 0 Å². The summed E-state index contributed by atoms with van der Waals surface area (Å²) in [5.41, 5.74) is 15.3. The minimum atomic E-state index is 0.847. The van der Waals surface area contributed by atoms with E-state index in [1.165, 1.54) is 38.9 Å². The number of hydrogen-bond acceptors (Lipinski definition) is 3. The summed E-state index contributed by atoms with van der Waals surface area (Å²) in [6, 6.07) is 64.2. The van der Waals surface area contributed by atoms with Crippen LogP contribution in [0.25, 0.3) is 72.4 Å². The highest BCUT2D eigenvalue weighted by Gasteiger charge is 2.31. The van der Waals surface area contributed by atoms with E-state index in [1.807, 2.05) is 6.07 Å². The van der Waals surface area contributed by atoms with Crippen molar-refractivity contribution in [2.45, 2.75) is 0 Å². The molecule has 4 heterocycles. The zero-order valence-corrected chi connectivity index (χ0v) is 27.1. The van der Waals surface area contributed by atoms with Gasteiger partial charge < -0.3 is 4.57 Å². The lowest BCUT2D eigenvalue weighted by molar-refractivity contribution is 1.13. The van der Waals surface area contributed by atoms with Crippen molar-refractivity contribution in [3.63, 3.8) is 0 Å². The second kappa shape index (κ2) is 11.4. The van der Waals surface area contributed by atoms with Crippen LogP contribution in [-0.4, -0.2) is 14.5 Å². The van der Waals surface area contributed by atoms with Crippen LogP contribution in [0.2, 0.25) is 0 Å². The molecule has 0 amide bonds. The van der Waals surface area contributed by atoms with Crippen molar-refractivity contribution in [3.8, 4) is 50.5 Å². The Bertz CT molecular complexity index is 2690. The normalized spacial score (nSPS) is 12.0. The first-order valence-electron chi connectivity index (χ1n) is 16.9. The zero-order valence-electron chi connectivity index (χ0n) is 27.1. The lowest BCUT2D eigenvalue weighted by atomic mass is 9.98. The smallest absolute Gasteiger partial charge is 0.138 e. The largest absolute Gasteiger partial charge is 0.309 e. The van der Waals surface area contributed by atoms with Crippen LogP contribution in [0.4, 0.5) is 17.2 Å². The molecule has 1 aliphatic heterocycles. The molecular weight excluding hydrogens is 609 g/mol. The van der Waals surface area contributed by atoms with Gasteiger partial charge in [0.05, 0.1) is 39.3 Å². The molecule has 6 aromatic carbocycles. The first kappa shape index (κ1) is 28.3. The minimum Gasteiger partial charge on any atom is -0.309 e. The summed E-state index contributed by atoms with van der Waals surface area (Å²) in [5.74, 6) is 0.847. The number of nitrogens with zero attached hydrogens (tertiary/aromatic N) is 4. The predicted molar refractivity (Wildman–Crippen MR) is 206 cm³/mol. The van der Waals surface area contributed by atoms with Crippen molar-refractivity contribution in [3.05, 3.63) is 182 Å². The summed E-state index contributed by atoms with van der Waals surface area (Å²) in [5, 5.41) is 1.22. The van der Waals surface area contributed by atoms with Crippen molar-refractivity contribution in [2.75, 3.05) is 4.90 Å². The number of para-hydroxylation sites is 4. The van der Waals surface area contributed by atoms with Crippen molar-refractivity contribution in [1.82, 2.24) is 14.5 Å². The van der Waals surface area contributed by atoms with E-state index < -0.39 is 0 Å². The van der Waals surface area contributed by atoms with Gasteiger partial charge in [0.15, 0.2) is 0 Å². The van der Waals surface area contributed by atoms with Gasteiger partial charge in [0.1, 0.15) is 5.82 Å². The summed E-state index contributed by atoms with van der Waals surface area (Å²) in [6.07, 6.45) is 0. The van der Waals surface area contributed by atoms with E-state index in [9.17, 15) is 0 Å². The van der Waals surface area contributed by atoms with Crippen LogP contribution in [0, 0.1) is 0 Å². The maximum Gasteiger partial charge on any atom is 0.138 e. The van der Waals surface area contributed by atoms with Gasteiger partial charge in [-0.3, -0.25) is 4.90 Å². The molecule has 0 saturated carbocycles. The highest BCUT2D eigenvalue weighted by molar-refractivity contribution is 6.12. The molecule has 1 aliphatic rings. The Hall–Kier alpha value is -6.78. The Morgan fingerprint density at radius 3 is 1.78 bits per heavy atom. The SMILES string of the molecule is c1ccc(-c2ccc(-c3ccc4nc(N5c6ccccc6-c6c(n(-c7ccccc7)c7ccccc67)-c6ccccc65)ccc4n3)cc2)cc1. The van der Waals surface area contributed by atoms with Crippen molar-refractivity contribution < 1.29 is 0 Å². The molecule has 0 aliphatic carbocycles. The third-order valence-corrected chi connectivity index (χ3v) is 9.75. The Morgan fingerprint density at radius 2 is 0.980 bits per heavy atom. The number of fused-ring (bicyclic) bond motifs is 8. The first-order chi connectivity index (χ1) is 24.8.